The van der Waals surface area contributed by atoms with Crippen molar-refractivity contribution in [1.29, 1.82) is 0 Å². The predicted octanol–water partition coefficient (Wildman–Crippen LogP) is 3.61. The monoisotopic (exact) mass is 433 g/mol. The molecule has 0 saturated carbocycles. The first-order valence-electron chi connectivity index (χ1n) is 9.23. The van der Waals surface area contributed by atoms with Gasteiger partial charge in [0.25, 0.3) is 5.69 Å². The van der Waals surface area contributed by atoms with Crippen LogP contribution in [-0.4, -0.2) is 48.6 Å². The van der Waals surface area contributed by atoms with Crippen molar-refractivity contribution < 1.29 is 9.66 Å². The van der Waals surface area contributed by atoms with Gasteiger partial charge in [-0.15, -0.1) is 10.2 Å². The normalized spacial score (nSPS) is 12.9. The molecule has 0 unspecified atom stereocenters. The molecule has 0 aliphatic carbocycles. The van der Waals surface area contributed by atoms with Crippen molar-refractivity contribution in [2.45, 2.75) is 5.16 Å². The minimum absolute atomic E-state index is 0.0435. The fourth-order valence-electron chi connectivity index (χ4n) is 3.16. The molecule has 1 aliphatic heterocycles. The second kappa shape index (κ2) is 7.69. The van der Waals surface area contributed by atoms with Crippen molar-refractivity contribution in [2.75, 3.05) is 12.9 Å². The maximum Gasteiger partial charge on any atom is 0.269 e. The van der Waals surface area contributed by atoms with Crippen molar-refractivity contribution in [1.82, 2.24) is 25.1 Å². The lowest BCUT2D eigenvalue weighted by Gasteiger charge is -2.13. The van der Waals surface area contributed by atoms with Gasteiger partial charge in [0.05, 0.1) is 23.4 Å². The summed E-state index contributed by atoms with van der Waals surface area (Å²) < 4.78 is 6.86. The van der Waals surface area contributed by atoms with Crippen LogP contribution < -0.4 is 4.74 Å². The number of methoxy groups -OCH3 is 1. The molecule has 0 atom stereocenters. The van der Waals surface area contributed by atoms with E-state index < -0.39 is 4.92 Å². The summed E-state index contributed by atoms with van der Waals surface area (Å²) in [6.07, 6.45) is 0. The standard InChI is InChI=1S/C20H15N7O3S/c1-30-15-8-4-12(5-9-15)16-10-17(22-21-16)19-23-24-20-26(19)25-18(11-31-20)13-2-6-14(7-3-13)27(28)29/h2-10H,11H2,1H3,(H,21,22). The summed E-state index contributed by atoms with van der Waals surface area (Å²) in [5, 5.41) is 32.1. The molecule has 0 bridgehead atoms. The third-order valence-electron chi connectivity index (χ3n) is 4.79. The van der Waals surface area contributed by atoms with E-state index in [1.165, 1.54) is 23.9 Å². The molecule has 2 aromatic carbocycles. The smallest absolute Gasteiger partial charge is 0.269 e. The Balaban J connectivity index is 1.47. The van der Waals surface area contributed by atoms with E-state index in [1.807, 2.05) is 30.3 Å². The highest BCUT2D eigenvalue weighted by atomic mass is 32.2. The van der Waals surface area contributed by atoms with E-state index in [-0.39, 0.29) is 5.69 Å². The van der Waals surface area contributed by atoms with Gasteiger partial charge in [0.1, 0.15) is 11.4 Å². The lowest BCUT2D eigenvalue weighted by Crippen LogP contribution is -2.13. The van der Waals surface area contributed by atoms with Gasteiger partial charge in [0.15, 0.2) is 0 Å². The predicted molar refractivity (Wildman–Crippen MR) is 115 cm³/mol. The van der Waals surface area contributed by atoms with Crippen molar-refractivity contribution in [2.24, 2.45) is 5.10 Å². The number of aromatic nitrogens is 5. The fourth-order valence-corrected chi connectivity index (χ4v) is 4.00. The minimum atomic E-state index is -0.421. The molecular weight excluding hydrogens is 418 g/mol. The number of rotatable bonds is 5. The summed E-state index contributed by atoms with van der Waals surface area (Å²) in [5.74, 6) is 1.90. The summed E-state index contributed by atoms with van der Waals surface area (Å²) in [4.78, 5) is 10.5. The quantitative estimate of drug-likeness (QED) is 0.376. The van der Waals surface area contributed by atoms with E-state index in [9.17, 15) is 10.1 Å². The summed E-state index contributed by atoms with van der Waals surface area (Å²) in [6, 6.07) is 15.8. The zero-order valence-corrected chi connectivity index (χ0v) is 17.0. The van der Waals surface area contributed by atoms with Gasteiger partial charge in [0.2, 0.25) is 11.0 Å². The molecule has 31 heavy (non-hydrogen) atoms. The molecule has 0 saturated heterocycles. The zero-order valence-electron chi connectivity index (χ0n) is 16.2. The number of H-pyrrole nitrogens is 1. The first-order valence-corrected chi connectivity index (χ1v) is 10.2. The van der Waals surface area contributed by atoms with Gasteiger partial charge in [0, 0.05) is 23.4 Å². The van der Waals surface area contributed by atoms with Gasteiger partial charge in [-0.2, -0.15) is 14.9 Å². The second-order valence-corrected chi connectivity index (χ2v) is 7.60. The lowest BCUT2D eigenvalue weighted by atomic mass is 10.1. The first kappa shape index (κ1) is 19.0. The fraction of sp³-hybridized carbons (Fsp3) is 0.100. The van der Waals surface area contributed by atoms with E-state index in [4.69, 9.17) is 4.74 Å². The molecule has 10 nitrogen and oxygen atoms in total. The van der Waals surface area contributed by atoms with Crippen LogP contribution in [0.3, 0.4) is 0 Å². The van der Waals surface area contributed by atoms with Crippen LogP contribution in [0.15, 0.2) is 64.9 Å². The Labute approximate surface area is 180 Å². The number of hydrogen-bond acceptors (Lipinski definition) is 8. The summed E-state index contributed by atoms with van der Waals surface area (Å²) in [6.45, 7) is 0. The third-order valence-corrected chi connectivity index (χ3v) is 5.72. The molecule has 154 valence electrons. The average molecular weight is 433 g/mol. The van der Waals surface area contributed by atoms with Gasteiger partial charge in [-0.25, -0.2) is 0 Å². The summed E-state index contributed by atoms with van der Waals surface area (Å²) >= 11 is 1.50. The number of nitrogens with one attached hydrogen (secondary N) is 1. The van der Waals surface area contributed by atoms with Crippen molar-refractivity contribution in [3.05, 3.63) is 70.3 Å². The Morgan fingerprint density at radius 1 is 1.10 bits per heavy atom. The topological polar surface area (TPSA) is 124 Å². The number of nitrogens with zero attached hydrogens (tertiary/aromatic N) is 6. The SMILES string of the molecule is COc1ccc(-c2cc(-c3nnc4n3N=C(c3ccc([N+](=O)[O-])cc3)CS4)[nH]n2)cc1. The Morgan fingerprint density at radius 2 is 1.84 bits per heavy atom. The Morgan fingerprint density at radius 3 is 2.55 bits per heavy atom. The molecule has 0 spiro atoms. The van der Waals surface area contributed by atoms with Crippen molar-refractivity contribution >= 4 is 23.2 Å². The molecule has 11 heteroatoms. The van der Waals surface area contributed by atoms with E-state index in [1.54, 1.807) is 23.9 Å². The number of ether oxygens (including phenoxy) is 1. The van der Waals surface area contributed by atoms with Crippen LogP contribution in [0, 0.1) is 10.1 Å². The molecule has 3 heterocycles. The third kappa shape index (κ3) is 3.55. The molecule has 0 amide bonds. The first-order chi connectivity index (χ1) is 15.1. The number of nitro groups is 1. The Bertz CT molecular complexity index is 1290. The van der Waals surface area contributed by atoms with Gasteiger partial charge in [-0.05, 0) is 48.0 Å². The lowest BCUT2D eigenvalue weighted by molar-refractivity contribution is -0.384. The van der Waals surface area contributed by atoms with Gasteiger partial charge in [-0.1, -0.05) is 11.8 Å². The van der Waals surface area contributed by atoms with Crippen LogP contribution in [0.1, 0.15) is 5.56 Å². The van der Waals surface area contributed by atoms with Crippen LogP contribution in [-0.2, 0) is 0 Å². The van der Waals surface area contributed by atoms with Crippen LogP contribution in [0.25, 0.3) is 22.8 Å². The zero-order chi connectivity index (χ0) is 21.4. The number of benzene rings is 2. The van der Waals surface area contributed by atoms with Crippen LogP contribution in [0.4, 0.5) is 5.69 Å². The number of hydrogen-bond donors (Lipinski definition) is 1. The average Bonchev–Trinajstić information content (AvgIpc) is 3.46. The van der Waals surface area contributed by atoms with E-state index in [0.29, 0.717) is 22.4 Å². The largest absolute Gasteiger partial charge is 0.497 e. The van der Waals surface area contributed by atoms with Gasteiger partial charge >= 0.3 is 0 Å². The van der Waals surface area contributed by atoms with E-state index >= 15 is 0 Å². The highest BCUT2D eigenvalue weighted by Gasteiger charge is 2.22. The molecule has 1 N–H and O–H groups in total. The second-order valence-electron chi connectivity index (χ2n) is 6.65. The minimum Gasteiger partial charge on any atom is -0.497 e. The Hall–Kier alpha value is -3.99. The molecule has 2 aromatic heterocycles. The highest BCUT2D eigenvalue weighted by molar-refractivity contribution is 7.99. The van der Waals surface area contributed by atoms with E-state index in [0.717, 1.165) is 28.3 Å². The van der Waals surface area contributed by atoms with Gasteiger partial charge < -0.3 is 4.74 Å². The molecule has 4 aromatic rings. The van der Waals surface area contributed by atoms with Crippen molar-refractivity contribution in [3.8, 4) is 28.5 Å². The molecule has 1 aliphatic rings. The van der Waals surface area contributed by atoms with Crippen LogP contribution in [0.2, 0.25) is 0 Å². The van der Waals surface area contributed by atoms with Gasteiger partial charge in [-0.3, -0.25) is 15.2 Å². The molecule has 0 radical (unpaired) electrons. The number of nitro benzene ring substituents is 1. The number of thioether (sulfide) groups is 1. The summed E-state index contributed by atoms with van der Waals surface area (Å²) in [5.41, 5.74) is 4.01. The number of non-ortho nitro benzene ring substituents is 1. The van der Waals surface area contributed by atoms with Crippen molar-refractivity contribution in [3.63, 3.8) is 0 Å². The summed E-state index contributed by atoms with van der Waals surface area (Å²) in [7, 11) is 1.62. The van der Waals surface area contributed by atoms with Crippen LogP contribution >= 0.6 is 11.8 Å². The molecule has 5 rings (SSSR count). The Kier molecular flexibility index (Phi) is 4.71. The number of aromatic amines is 1. The van der Waals surface area contributed by atoms with Crippen LogP contribution in [0.5, 0.6) is 5.75 Å². The highest BCUT2D eigenvalue weighted by Crippen LogP contribution is 2.30. The maximum absolute atomic E-state index is 10.9. The van der Waals surface area contributed by atoms with E-state index in [2.05, 4.69) is 25.5 Å². The maximum atomic E-state index is 10.9. The molecule has 0 fully saturated rings. The molecular formula is C20H15N7O3S. The number of fused-ring (bicyclic) bond motifs is 1.